The van der Waals surface area contributed by atoms with Crippen LogP contribution < -0.4 is 0 Å². The number of rotatable bonds is 2. The number of hydrogen-bond donors (Lipinski definition) is 0. The van der Waals surface area contributed by atoms with Crippen molar-refractivity contribution in [3.05, 3.63) is 76.0 Å². The fraction of sp³-hybridized carbons (Fsp3) is 0.217. The highest BCUT2D eigenvalue weighted by molar-refractivity contribution is 9.10. The zero-order chi connectivity index (χ0) is 22.1. The van der Waals surface area contributed by atoms with Gasteiger partial charge in [0.1, 0.15) is 5.82 Å². The van der Waals surface area contributed by atoms with E-state index in [0.29, 0.717) is 13.0 Å². The molecule has 0 aliphatic carbocycles. The number of aryl methyl sites for hydroxylation is 1. The fourth-order valence-electron chi connectivity index (χ4n) is 2.92. The van der Waals surface area contributed by atoms with Gasteiger partial charge in [-0.05, 0) is 37.3 Å². The van der Waals surface area contributed by atoms with Crippen molar-refractivity contribution in [1.82, 2.24) is 14.5 Å². The molecule has 1 aliphatic rings. The maximum atomic E-state index is 9.96. The van der Waals surface area contributed by atoms with Crippen molar-refractivity contribution in [2.45, 2.75) is 26.8 Å². The van der Waals surface area contributed by atoms with Crippen LogP contribution in [0, 0.1) is 19.8 Å². The number of nitrogens with zero attached hydrogens (tertiary/aromatic N) is 4. The number of methoxy groups -OCH3 is 1. The highest BCUT2D eigenvalue weighted by Crippen LogP contribution is 2.28. The quantitative estimate of drug-likeness (QED) is 0.411. The van der Waals surface area contributed by atoms with E-state index in [4.69, 9.17) is 4.99 Å². The van der Waals surface area contributed by atoms with Gasteiger partial charge >= 0.3 is 5.97 Å². The number of aromatic nitrogens is 3. The summed E-state index contributed by atoms with van der Waals surface area (Å²) in [4.78, 5) is 23.7. The molecule has 0 fully saturated rings. The Labute approximate surface area is 185 Å². The van der Waals surface area contributed by atoms with Crippen LogP contribution >= 0.6 is 15.9 Å². The number of pyridine rings is 1. The topological polar surface area (TPSA) is 69.4 Å². The van der Waals surface area contributed by atoms with Crippen LogP contribution in [0.15, 0.2) is 58.3 Å². The van der Waals surface area contributed by atoms with Crippen molar-refractivity contribution in [3.8, 4) is 18.5 Å². The molecule has 0 radical (unpaired) electrons. The summed E-state index contributed by atoms with van der Waals surface area (Å²) in [5.74, 6) is 0.794. The van der Waals surface area contributed by atoms with E-state index in [2.05, 4.69) is 67.1 Å². The lowest BCUT2D eigenvalue weighted by Crippen LogP contribution is -2.09. The normalized spacial score (nSPS) is 11.2. The zero-order valence-electron chi connectivity index (χ0n) is 17.2. The number of carbonyl (C=O) groups excluding carboxylic acids is 1. The molecular weight excluding hydrogens is 444 g/mol. The Hall–Kier alpha value is -3.24. The van der Waals surface area contributed by atoms with Crippen molar-refractivity contribution < 1.29 is 9.53 Å². The first-order valence-electron chi connectivity index (χ1n) is 9.24. The highest BCUT2D eigenvalue weighted by Gasteiger charge is 2.21. The molecule has 1 aliphatic heterocycles. The van der Waals surface area contributed by atoms with Crippen LogP contribution in [0.25, 0.3) is 5.69 Å². The minimum Gasteiger partial charge on any atom is -0.469 e. The molecule has 0 saturated heterocycles. The predicted octanol–water partition coefficient (Wildman–Crippen LogP) is 4.51. The van der Waals surface area contributed by atoms with Crippen LogP contribution in [0.4, 0.5) is 0 Å². The van der Waals surface area contributed by atoms with Crippen molar-refractivity contribution in [2.75, 3.05) is 7.11 Å². The third-order valence-electron chi connectivity index (χ3n) is 4.27. The molecule has 154 valence electrons. The molecule has 3 aromatic rings. The number of hydrogen-bond acceptors (Lipinski definition) is 5. The van der Waals surface area contributed by atoms with Crippen molar-refractivity contribution in [1.29, 1.82) is 0 Å². The van der Waals surface area contributed by atoms with E-state index in [1.54, 1.807) is 13.1 Å². The molecule has 30 heavy (non-hydrogen) atoms. The predicted molar refractivity (Wildman–Crippen MR) is 122 cm³/mol. The summed E-state index contributed by atoms with van der Waals surface area (Å²) >= 11 is 3.56. The lowest BCUT2D eigenvalue weighted by atomic mass is 10.0. The lowest BCUT2D eigenvalue weighted by molar-refractivity contribution is -0.140. The Balaban J connectivity index is 0.000000348. The van der Waals surface area contributed by atoms with Crippen LogP contribution in [0.1, 0.15) is 36.1 Å². The maximum Gasteiger partial charge on any atom is 0.305 e. The molecule has 0 N–H and O–H groups in total. The van der Waals surface area contributed by atoms with Gasteiger partial charge in [0.2, 0.25) is 0 Å². The average molecular weight is 467 g/mol. The Morgan fingerprint density at radius 2 is 2.00 bits per heavy atom. The number of halogens is 1. The summed E-state index contributed by atoms with van der Waals surface area (Å²) in [6.45, 7) is 4.37. The van der Waals surface area contributed by atoms with E-state index in [9.17, 15) is 4.79 Å². The van der Waals surface area contributed by atoms with Gasteiger partial charge in [0, 0.05) is 34.5 Å². The monoisotopic (exact) mass is 466 g/mol. The van der Waals surface area contributed by atoms with E-state index in [1.165, 1.54) is 7.11 Å². The average Bonchev–Trinajstić information content (AvgIpc) is 3.07. The number of ether oxygens (including phenoxy) is 1. The van der Waals surface area contributed by atoms with Gasteiger partial charge in [-0.3, -0.25) is 19.3 Å². The second-order valence-corrected chi connectivity index (χ2v) is 7.04. The van der Waals surface area contributed by atoms with Gasteiger partial charge in [-0.25, -0.2) is 4.98 Å². The van der Waals surface area contributed by atoms with Gasteiger partial charge in [-0.2, -0.15) is 0 Å². The molecule has 4 rings (SSSR count). The first kappa shape index (κ1) is 23.0. The zero-order valence-corrected chi connectivity index (χ0v) is 18.8. The summed E-state index contributed by atoms with van der Waals surface area (Å²) in [6.07, 6.45) is 12.2. The molecule has 7 heteroatoms. The second-order valence-electron chi connectivity index (χ2n) is 6.12. The van der Waals surface area contributed by atoms with Gasteiger partial charge in [0.25, 0.3) is 0 Å². The van der Waals surface area contributed by atoms with Crippen LogP contribution in [0.5, 0.6) is 0 Å². The number of esters is 1. The van der Waals surface area contributed by atoms with E-state index in [1.807, 2.05) is 30.5 Å². The number of imidazole rings is 1. The first-order valence-corrected chi connectivity index (χ1v) is 10.0. The Kier molecular flexibility index (Phi) is 8.51. The van der Waals surface area contributed by atoms with Crippen molar-refractivity contribution >= 4 is 27.6 Å². The fourth-order valence-corrected chi connectivity index (χ4v) is 3.28. The van der Waals surface area contributed by atoms with E-state index >= 15 is 0 Å². The van der Waals surface area contributed by atoms with Gasteiger partial charge in [0.05, 0.1) is 30.7 Å². The molecule has 0 atom stereocenters. The molecule has 0 unspecified atom stereocenters. The molecule has 2 aromatic heterocycles. The third-order valence-corrected chi connectivity index (χ3v) is 4.76. The van der Waals surface area contributed by atoms with Gasteiger partial charge in [0.15, 0.2) is 0 Å². The van der Waals surface area contributed by atoms with Crippen LogP contribution in [-0.4, -0.2) is 33.3 Å². The summed E-state index contributed by atoms with van der Waals surface area (Å²) in [6, 6.07) is 12.1. The molecule has 0 spiro atoms. The molecule has 0 bridgehead atoms. The summed E-state index contributed by atoms with van der Waals surface area (Å²) < 4.78 is 7.45. The van der Waals surface area contributed by atoms with Crippen molar-refractivity contribution in [2.24, 2.45) is 4.99 Å². The van der Waals surface area contributed by atoms with Crippen LogP contribution in [0.3, 0.4) is 0 Å². The van der Waals surface area contributed by atoms with Gasteiger partial charge in [-0.15, -0.1) is 12.8 Å². The summed E-state index contributed by atoms with van der Waals surface area (Å²) in [7, 11) is 1.38. The standard InChI is InChI=1S/C17H13BrN4.C4H8O2.C2H2/c1-11-9-20-16-10-21-17(14-4-2-3-7-19-14)13-8-12(18)5-6-15(13)22(11)16;1-3-4(5)6-2;1-2/h2-9H,10H2,1H3;3H2,1-2H3;1-2H. The highest BCUT2D eigenvalue weighted by atomic mass is 79.9. The Bertz CT molecular complexity index is 1050. The maximum absolute atomic E-state index is 9.96. The van der Waals surface area contributed by atoms with Crippen LogP contribution in [-0.2, 0) is 16.1 Å². The first-order chi connectivity index (χ1) is 14.5. The molecule has 0 saturated carbocycles. The lowest BCUT2D eigenvalue weighted by Gasteiger charge is -2.13. The number of benzene rings is 1. The summed E-state index contributed by atoms with van der Waals surface area (Å²) in [5, 5.41) is 0. The van der Waals surface area contributed by atoms with Crippen LogP contribution in [0.2, 0.25) is 0 Å². The molecule has 3 heterocycles. The third kappa shape index (κ3) is 5.22. The second kappa shape index (κ2) is 11.1. The minimum absolute atomic E-state index is 0.157. The Morgan fingerprint density at radius 3 is 2.60 bits per heavy atom. The smallest absolute Gasteiger partial charge is 0.305 e. The number of terminal acetylenes is 1. The molecule has 0 amide bonds. The van der Waals surface area contributed by atoms with Crippen molar-refractivity contribution in [3.63, 3.8) is 0 Å². The van der Waals surface area contributed by atoms with E-state index < -0.39 is 0 Å². The molecular formula is C23H23BrN4O2. The SMILES string of the molecule is C#C.CCC(=O)OC.Cc1cnc2n1-c1ccc(Br)cc1C(c1ccccn1)=NC2. The molecule has 1 aromatic carbocycles. The minimum atomic E-state index is -0.157. The van der Waals surface area contributed by atoms with Gasteiger partial charge in [-0.1, -0.05) is 28.9 Å². The van der Waals surface area contributed by atoms with Gasteiger partial charge < -0.3 is 4.74 Å². The largest absolute Gasteiger partial charge is 0.469 e. The number of fused-ring (bicyclic) bond motifs is 3. The molecule has 6 nitrogen and oxygen atoms in total. The Morgan fingerprint density at radius 1 is 1.23 bits per heavy atom. The summed E-state index contributed by atoms with van der Waals surface area (Å²) in [5.41, 5.74) is 5.05. The van der Waals surface area contributed by atoms with E-state index in [-0.39, 0.29) is 5.97 Å². The number of carbonyl (C=O) groups is 1. The number of aliphatic imine (C=N–C) groups is 1. The van der Waals surface area contributed by atoms with E-state index in [0.717, 1.165) is 38.6 Å².